The Labute approximate surface area is 123 Å². The third-order valence-electron chi connectivity index (χ3n) is 2.94. The second-order valence-electron chi connectivity index (χ2n) is 4.69. The second kappa shape index (κ2) is 7.09. The maximum absolute atomic E-state index is 11.6. The smallest absolute Gasteiger partial charge is 0.315 e. The molecule has 0 unspecified atom stereocenters. The molecule has 0 atom stereocenters. The lowest BCUT2D eigenvalue weighted by Gasteiger charge is -2.07. The molecule has 6 heteroatoms. The van der Waals surface area contributed by atoms with E-state index in [1.807, 2.05) is 36.0 Å². The average Bonchev–Trinajstić information content (AvgIpc) is 3.02. The third-order valence-corrected chi connectivity index (χ3v) is 3.82. The fourth-order valence-corrected chi connectivity index (χ4v) is 2.62. The summed E-state index contributed by atoms with van der Waals surface area (Å²) in [5.74, 6) is 0. The summed E-state index contributed by atoms with van der Waals surface area (Å²) in [6.07, 6.45) is 0.869. The molecule has 0 aliphatic carbocycles. The van der Waals surface area contributed by atoms with E-state index in [1.54, 1.807) is 11.3 Å². The van der Waals surface area contributed by atoms with Crippen LogP contribution < -0.4 is 10.6 Å². The van der Waals surface area contributed by atoms with Crippen LogP contribution in [0.25, 0.3) is 0 Å². The van der Waals surface area contributed by atoms with Gasteiger partial charge >= 0.3 is 6.03 Å². The van der Waals surface area contributed by atoms with Crippen LogP contribution in [-0.4, -0.2) is 22.4 Å². The molecule has 0 aliphatic rings. The second-order valence-corrected chi connectivity index (χ2v) is 5.72. The largest absolute Gasteiger partial charge is 0.338 e. The Hall–Kier alpha value is -1.82. The SMILES string of the molecule is Cc1cc(C)n(CCCNC(=O)NCc2cccs2)n1. The zero-order valence-electron chi connectivity index (χ0n) is 11.8. The number of hydrogen-bond acceptors (Lipinski definition) is 3. The highest BCUT2D eigenvalue weighted by molar-refractivity contribution is 7.09. The number of amides is 2. The molecule has 20 heavy (non-hydrogen) atoms. The van der Waals surface area contributed by atoms with Gasteiger partial charge in [0.15, 0.2) is 0 Å². The van der Waals surface area contributed by atoms with Gasteiger partial charge < -0.3 is 10.6 Å². The maximum atomic E-state index is 11.6. The van der Waals surface area contributed by atoms with E-state index in [1.165, 1.54) is 0 Å². The molecular weight excluding hydrogens is 272 g/mol. The zero-order valence-corrected chi connectivity index (χ0v) is 12.7. The van der Waals surface area contributed by atoms with Gasteiger partial charge in [-0.1, -0.05) is 6.07 Å². The molecule has 5 nitrogen and oxygen atoms in total. The Morgan fingerprint density at radius 1 is 1.40 bits per heavy atom. The molecule has 2 aromatic heterocycles. The number of nitrogens with zero attached hydrogens (tertiary/aromatic N) is 2. The van der Waals surface area contributed by atoms with Gasteiger partial charge in [-0.3, -0.25) is 4.68 Å². The minimum absolute atomic E-state index is 0.119. The molecule has 0 aliphatic heterocycles. The van der Waals surface area contributed by atoms with Gasteiger partial charge in [0.1, 0.15) is 0 Å². The standard InChI is InChI=1S/C14H20N4OS/c1-11-9-12(2)18(17-11)7-4-6-15-14(19)16-10-13-5-3-8-20-13/h3,5,8-9H,4,6-7,10H2,1-2H3,(H2,15,16,19). The summed E-state index contributed by atoms with van der Waals surface area (Å²) < 4.78 is 1.97. The van der Waals surface area contributed by atoms with E-state index in [0.29, 0.717) is 13.1 Å². The van der Waals surface area contributed by atoms with Crippen LogP contribution in [0.3, 0.4) is 0 Å². The molecule has 0 fully saturated rings. The van der Waals surface area contributed by atoms with Crippen molar-refractivity contribution >= 4 is 17.4 Å². The monoisotopic (exact) mass is 292 g/mol. The van der Waals surface area contributed by atoms with Crippen LogP contribution in [-0.2, 0) is 13.1 Å². The van der Waals surface area contributed by atoms with Crippen LogP contribution in [0.2, 0.25) is 0 Å². The van der Waals surface area contributed by atoms with Gasteiger partial charge in [-0.2, -0.15) is 5.10 Å². The fourth-order valence-electron chi connectivity index (χ4n) is 1.98. The Morgan fingerprint density at radius 2 is 2.25 bits per heavy atom. The van der Waals surface area contributed by atoms with Crippen LogP contribution >= 0.6 is 11.3 Å². The predicted octanol–water partition coefficient (Wildman–Crippen LogP) is 2.45. The van der Waals surface area contributed by atoms with E-state index in [0.717, 1.165) is 29.2 Å². The molecule has 2 N–H and O–H groups in total. The molecule has 0 aromatic carbocycles. The highest BCUT2D eigenvalue weighted by Crippen LogP contribution is 2.07. The number of aromatic nitrogens is 2. The summed E-state index contributed by atoms with van der Waals surface area (Å²) >= 11 is 1.64. The van der Waals surface area contributed by atoms with E-state index >= 15 is 0 Å². The molecule has 0 saturated carbocycles. The molecule has 2 rings (SSSR count). The van der Waals surface area contributed by atoms with Crippen molar-refractivity contribution in [2.45, 2.75) is 33.4 Å². The number of hydrogen-bond donors (Lipinski definition) is 2. The topological polar surface area (TPSA) is 59.0 Å². The number of thiophene rings is 1. The highest BCUT2D eigenvalue weighted by atomic mass is 32.1. The minimum Gasteiger partial charge on any atom is -0.338 e. The number of nitrogens with one attached hydrogen (secondary N) is 2. The van der Waals surface area contributed by atoms with Gasteiger partial charge in [-0.05, 0) is 37.8 Å². The molecule has 2 heterocycles. The van der Waals surface area contributed by atoms with E-state index in [-0.39, 0.29) is 6.03 Å². The lowest BCUT2D eigenvalue weighted by Crippen LogP contribution is -2.35. The molecule has 0 spiro atoms. The lowest BCUT2D eigenvalue weighted by molar-refractivity contribution is 0.240. The van der Waals surface area contributed by atoms with Crippen molar-refractivity contribution in [1.29, 1.82) is 0 Å². The molecule has 108 valence electrons. The van der Waals surface area contributed by atoms with Gasteiger partial charge in [-0.15, -0.1) is 11.3 Å². The highest BCUT2D eigenvalue weighted by Gasteiger charge is 2.02. The lowest BCUT2D eigenvalue weighted by atomic mass is 10.4. The van der Waals surface area contributed by atoms with Crippen molar-refractivity contribution in [1.82, 2.24) is 20.4 Å². The van der Waals surface area contributed by atoms with Crippen molar-refractivity contribution in [3.05, 3.63) is 39.8 Å². The fraction of sp³-hybridized carbons (Fsp3) is 0.429. The summed E-state index contributed by atoms with van der Waals surface area (Å²) in [5, 5.41) is 12.1. The first-order valence-corrected chi connectivity index (χ1v) is 7.58. The molecule has 0 radical (unpaired) electrons. The van der Waals surface area contributed by atoms with E-state index in [9.17, 15) is 4.79 Å². The zero-order chi connectivity index (χ0) is 14.4. The first-order valence-electron chi connectivity index (χ1n) is 6.70. The van der Waals surface area contributed by atoms with Gasteiger partial charge in [0.2, 0.25) is 0 Å². The van der Waals surface area contributed by atoms with Crippen molar-refractivity contribution in [3.8, 4) is 0 Å². The summed E-state index contributed by atoms with van der Waals surface area (Å²) in [5.41, 5.74) is 2.19. The molecule has 2 aromatic rings. The van der Waals surface area contributed by atoms with Crippen molar-refractivity contribution in [2.24, 2.45) is 0 Å². The number of carbonyl (C=O) groups is 1. The molecule has 2 amide bonds. The van der Waals surface area contributed by atoms with Crippen LogP contribution in [0.4, 0.5) is 4.79 Å². The first kappa shape index (κ1) is 14.6. The number of urea groups is 1. The van der Waals surface area contributed by atoms with Gasteiger partial charge in [0.05, 0.1) is 12.2 Å². The van der Waals surface area contributed by atoms with Crippen LogP contribution in [0.15, 0.2) is 23.6 Å². The Bertz CT molecular complexity index is 548. The van der Waals surface area contributed by atoms with E-state index < -0.39 is 0 Å². The summed E-state index contributed by atoms with van der Waals surface area (Å²) in [4.78, 5) is 12.7. The van der Waals surface area contributed by atoms with Crippen molar-refractivity contribution in [2.75, 3.05) is 6.54 Å². The summed E-state index contributed by atoms with van der Waals surface area (Å²) in [6, 6.07) is 5.93. The Morgan fingerprint density at radius 3 is 2.90 bits per heavy atom. The third kappa shape index (κ3) is 4.38. The summed E-state index contributed by atoms with van der Waals surface area (Å²) in [6.45, 7) is 6.08. The maximum Gasteiger partial charge on any atom is 0.315 e. The van der Waals surface area contributed by atoms with Gasteiger partial charge in [0.25, 0.3) is 0 Å². The van der Waals surface area contributed by atoms with Crippen LogP contribution in [0.1, 0.15) is 22.7 Å². The average molecular weight is 292 g/mol. The van der Waals surface area contributed by atoms with Gasteiger partial charge in [0, 0.05) is 23.7 Å². The normalized spacial score (nSPS) is 10.5. The number of aryl methyl sites for hydroxylation is 3. The molecule has 0 saturated heterocycles. The summed E-state index contributed by atoms with van der Waals surface area (Å²) in [7, 11) is 0. The van der Waals surface area contributed by atoms with E-state index in [2.05, 4.69) is 21.8 Å². The number of rotatable bonds is 6. The van der Waals surface area contributed by atoms with E-state index in [4.69, 9.17) is 0 Å². The van der Waals surface area contributed by atoms with Crippen molar-refractivity contribution < 1.29 is 4.79 Å². The first-order chi connectivity index (χ1) is 9.65. The van der Waals surface area contributed by atoms with Gasteiger partial charge in [-0.25, -0.2) is 4.79 Å². The van der Waals surface area contributed by atoms with Crippen LogP contribution in [0, 0.1) is 13.8 Å². The van der Waals surface area contributed by atoms with Crippen molar-refractivity contribution in [3.63, 3.8) is 0 Å². The Balaban J connectivity index is 1.61. The predicted molar refractivity (Wildman–Crippen MR) is 80.9 cm³/mol. The van der Waals surface area contributed by atoms with Crippen LogP contribution in [0.5, 0.6) is 0 Å². The molecule has 0 bridgehead atoms. The number of carbonyl (C=O) groups excluding carboxylic acids is 1. The Kier molecular flexibility index (Phi) is 5.17. The quantitative estimate of drug-likeness (QED) is 0.803. The molecular formula is C14H20N4OS. The minimum atomic E-state index is -0.119.